The average molecular weight is 615 g/mol. The molecular weight excluding hydrogens is 548 g/mol. The molecule has 0 N–H and O–H groups in total. The lowest BCUT2D eigenvalue weighted by Crippen LogP contribution is -2.48. The van der Waals surface area contributed by atoms with Crippen LogP contribution in [0.5, 0.6) is 0 Å². The summed E-state index contributed by atoms with van der Waals surface area (Å²) < 4.78 is 29.7. The van der Waals surface area contributed by atoms with Crippen LogP contribution < -0.4 is 0 Å². The first kappa shape index (κ1) is 32.4. The number of hydrogen-bond acceptors (Lipinski definition) is 5. The first-order chi connectivity index (χ1) is 21.4. The minimum absolute atomic E-state index is 0.389. The Morgan fingerprint density at radius 3 is 1.11 bits per heavy atom. The molecule has 0 amide bonds. The molecule has 5 heteroatoms. The van der Waals surface area contributed by atoms with Gasteiger partial charge in [0.1, 0.15) is 12.2 Å². The monoisotopic (exact) mass is 614 g/mol. The fourth-order valence-corrected chi connectivity index (χ4v) is 10.8. The standard InChI is InChI=1S/C39H66O5/c1-38(2,29-10-16-34(17-11-29)41-23-36-25-43-36)28-6-8-30(9-7-28)39(3,31-12-18-33(19-13-31)40-22-27-4-5-27)32-14-20-35(21-15-32)42-24-37-26-44-37/h27-37H,4-26H2,1-3H3. The van der Waals surface area contributed by atoms with Crippen LogP contribution in [-0.4, -0.2) is 63.6 Å². The van der Waals surface area contributed by atoms with Crippen LogP contribution in [0.15, 0.2) is 0 Å². The highest BCUT2D eigenvalue weighted by Gasteiger charge is 2.51. The summed E-state index contributed by atoms with van der Waals surface area (Å²) in [5, 5.41) is 0. The van der Waals surface area contributed by atoms with Crippen molar-refractivity contribution in [3.05, 3.63) is 0 Å². The van der Waals surface area contributed by atoms with E-state index in [1.54, 1.807) is 0 Å². The maximum atomic E-state index is 6.43. The van der Waals surface area contributed by atoms with Crippen LogP contribution in [0.25, 0.3) is 0 Å². The Bertz CT molecular complexity index is 840. The zero-order chi connectivity index (χ0) is 30.1. The Hall–Kier alpha value is -0.200. The van der Waals surface area contributed by atoms with Gasteiger partial charge in [-0.05, 0) is 162 Å². The second-order valence-electron chi connectivity index (χ2n) is 17.5. The van der Waals surface area contributed by atoms with E-state index in [0.29, 0.717) is 41.3 Å². The lowest BCUT2D eigenvalue weighted by Gasteiger charge is -2.55. The molecule has 0 bridgehead atoms. The van der Waals surface area contributed by atoms with Crippen LogP contribution in [0.2, 0.25) is 0 Å². The number of epoxide rings is 2. The summed E-state index contributed by atoms with van der Waals surface area (Å²) in [6, 6.07) is 0. The third-order valence-electron chi connectivity index (χ3n) is 14.6. The Labute approximate surface area is 269 Å². The van der Waals surface area contributed by atoms with Gasteiger partial charge in [0.2, 0.25) is 0 Å². The van der Waals surface area contributed by atoms with Crippen LogP contribution in [-0.2, 0) is 23.7 Å². The average Bonchev–Trinajstić information content (AvgIpc) is 3.91. The SMILES string of the molecule is CC(C)(C1CCC(OCC2CO2)CC1)C1CCC(C(C)(C2CCC(OCC3CC3)CC2)C2CCC(OCC3CO3)CC2)CC1. The van der Waals surface area contributed by atoms with Crippen molar-refractivity contribution in [3.8, 4) is 0 Å². The fourth-order valence-electron chi connectivity index (χ4n) is 10.8. The molecule has 0 aromatic carbocycles. The van der Waals surface area contributed by atoms with E-state index in [4.69, 9.17) is 23.7 Å². The van der Waals surface area contributed by atoms with Gasteiger partial charge in [-0.2, -0.15) is 0 Å². The van der Waals surface area contributed by atoms with Crippen molar-refractivity contribution in [2.24, 2.45) is 46.3 Å². The molecule has 44 heavy (non-hydrogen) atoms. The molecule has 5 saturated carbocycles. The lowest BCUT2D eigenvalue weighted by molar-refractivity contribution is -0.0861. The van der Waals surface area contributed by atoms with Gasteiger partial charge in [0.05, 0.1) is 44.7 Å². The molecule has 5 nitrogen and oxygen atoms in total. The molecule has 0 radical (unpaired) electrons. The molecule has 2 heterocycles. The molecule has 3 atom stereocenters. The van der Waals surface area contributed by atoms with Crippen molar-refractivity contribution in [2.75, 3.05) is 33.0 Å². The molecule has 2 saturated heterocycles. The summed E-state index contributed by atoms with van der Waals surface area (Å²) in [4.78, 5) is 0. The van der Waals surface area contributed by atoms with Gasteiger partial charge in [-0.1, -0.05) is 20.8 Å². The summed E-state index contributed by atoms with van der Waals surface area (Å²) in [6.45, 7) is 12.6. The molecule has 5 aliphatic carbocycles. The van der Waals surface area contributed by atoms with Gasteiger partial charge < -0.3 is 23.7 Å². The molecule has 3 unspecified atom stereocenters. The highest BCUT2D eigenvalue weighted by atomic mass is 16.6. The molecule has 2 aliphatic heterocycles. The second kappa shape index (κ2) is 14.1. The van der Waals surface area contributed by atoms with Crippen molar-refractivity contribution in [1.82, 2.24) is 0 Å². The summed E-state index contributed by atoms with van der Waals surface area (Å²) in [5.74, 6) is 5.24. The van der Waals surface area contributed by atoms with Crippen LogP contribution in [0.4, 0.5) is 0 Å². The maximum absolute atomic E-state index is 6.43. The van der Waals surface area contributed by atoms with E-state index in [1.165, 1.54) is 116 Å². The fraction of sp³-hybridized carbons (Fsp3) is 1.00. The predicted octanol–water partition coefficient (Wildman–Crippen LogP) is 8.76. The van der Waals surface area contributed by atoms with E-state index in [-0.39, 0.29) is 0 Å². The lowest BCUT2D eigenvalue weighted by atomic mass is 9.50. The van der Waals surface area contributed by atoms with Gasteiger partial charge in [-0.15, -0.1) is 0 Å². The summed E-state index contributed by atoms with van der Waals surface area (Å²) in [6.07, 6.45) is 26.7. The van der Waals surface area contributed by atoms with Gasteiger partial charge in [-0.25, -0.2) is 0 Å². The highest BCUT2D eigenvalue weighted by molar-refractivity contribution is 5.00. The van der Waals surface area contributed by atoms with E-state index in [2.05, 4.69) is 20.8 Å². The molecule has 7 rings (SSSR count). The van der Waals surface area contributed by atoms with Crippen molar-refractivity contribution in [1.29, 1.82) is 0 Å². The minimum atomic E-state index is 0.389. The first-order valence-electron chi connectivity index (χ1n) is 19.5. The molecule has 0 spiro atoms. The maximum Gasteiger partial charge on any atom is 0.104 e. The molecule has 252 valence electrons. The number of ether oxygens (including phenoxy) is 5. The van der Waals surface area contributed by atoms with Gasteiger partial charge >= 0.3 is 0 Å². The molecular formula is C39H66O5. The van der Waals surface area contributed by atoms with Crippen LogP contribution in [0, 0.1) is 46.3 Å². The van der Waals surface area contributed by atoms with Gasteiger partial charge in [0, 0.05) is 6.61 Å². The molecule has 0 aromatic heterocycles. The van der Waals surface area contributed by atoms with Gasteiger partial charge in [-0.3, -0.25) is 0 Å². The van der Waals surface area contributed by atoms with Crippen molar-refractivity contribution < 1.29 is 23.7 Å². The van der Waals surface area contributed by atoms with Gasteiger partial charge in [0.25, 0.3) is 0 Å². The minimum Gasteiger partial charge on any atom is -0.378 e. The zero-order valence-corrected chi connectivity index (χ0v) is 28.7. The Kier molecular flexibility index (Phi) is 10.4. The third kappa shape index (κ3) is 7.91. The smallest absolute Gasteiger partial charge is 0.104 e. The van der Waals surface area contributed by atoms with Crippen molar-refractivity contribution >= 4 is 0 Å². The summed E-state index contributed by atoms with van der Waals surface area (Å²) >= 11 is 0. The molecule has 7 aliphatic rings. The van der Waals surface area contributed by atoms with Crippen LogP contribution in [0.1, 0.15) is 136 Å². The zero-order valence-electron chi connectivity index (χ0n) is 28.7. The Morgan fingerprint density at radius 1 is 0.432 bits per heavy atom. The van der Waals surface area contributed by atoms with Crippen LogP contribution in [0.3, 0.4) is 0 Å². The van der Waals surface area contributed by atoms with E-state index in [9.17, 15) is 0 Å². The largest absolute Gasteiger partial charge is 0.378 e. The Balaban J connectivity index is 0.948. The number of rotatable bonds is 14. The second-order valence-corrected chi connectivity index (χ2v) is 17.5. The predicted molar refractivity (Wildman–Crippen MR) is 175 cm³/mol. The van der Waals surface area contributed by atoms with Crippen molar-refractivity contribution in [3.63, 3.8) is 0 Å². The van der Waals surface area contributed by atoms with Crippen molar-refractivity contribution in [2.45, 2.75) is 167 Å². The van der Waals surface area contributed by atoms with E-state index in [1.807, 2.05) is 0 Å². The van der Waals surface area contributed by atoms with E-state index >= 15 is 0 Å². The summed E-state index contributed by atoms with van der Waals surface area (Å²) in [5.41, 5.74) is 0.922. The van der Waals surface area contributed by atoms with E-state index < -0.39 is 0 Å². The highest BCUT2D eigenvalue weighted by Crippen LogP contribution is 2.59. The molecule has 0 aromatic rings. The Morgan fingerprint density at radius 2 is 0.750 bits per heavy atom. The third-order valence-corrected chi connectivity index (χ3v) is 14.6. The number of hydrogen-bond donors (Lipinski definition) is 0. The van der Waals surface area contributed by atoms with E-state index in [0.717, 1.165) is 68.5 Å². The van der Waals surface area contributed by atoms with Gasteiger partial charge in [0.15, 0.2) is 0 Å². The first-order valence-corrected chi connectivity index (χ1v) is 19.5. The normalized spacial score (nSPS) is 42.9. The summed E-state index contributed by atoms with van der Waals surface area (Å²) in [7, 11) is 0. The van der Waals surface area contributed by atoms with Crippen LogP contribution >= 0.6 is 0 Å². The quantitative estimate of drug-likeness (QED) is 0.183. The topological polar surface area (TPSA) is 52.8 Å². The molecule has 7 fully saturated rings.